The van der Waals surface area contributed by atoms with Crippen LogP contribution < -0.4 is 0 Å². The van der Waals surface area contributed by atoms with Crippen molar-refractivity contribution >= 4 is 15.7 Å². The average molecular weight is 337 g/mol. The molecule has 128 valence electrons. The van der Waals surface area contributed by atoms with E-state index < -0.39 is 9.84 Å². The topological polar surface area (TPSA) is 54.5 Å². The molecule has 0 radical (unpaired) electrons. The van der Waals surface area contributed by atoms with Gasteiger partial charge < -0.3 is 4.90 Å². The lowest BCUT2D eigenvalue weighted by Crippen LogP contribution is -2.41. The van der Waals surface area contributed by atoms with Gasteiger partial charge in [0.2, 0.25) is 5.91 Å². The van der Waals surface area contributed by atoms with Gasteiger partial charge in [0.05, 0.1) is 17.9 Å². The summed E-state index contributed by atoms with van der Waals surface area (Å²) in [4.78, 5) is 14.3. The minimum absolute atomic E-state index is 0.0121. The van der Waals surface area contributed by atoms with Gasteiger partial charge >= 0.3 is 0 Å². The van der Waals surface area contributed by atoms with Crippen LogP contribution in [0.5, 0.6) is 0 Å². The molecular weight excluding hydrogens is 310 g/mol. The van der Waals surface area contributed by atoms with E-state index in [1.807, 2.05) is 19.1 Å². The summed E-state index contributed by atoms with van der Waals surface area (Å²) in [5, 5.41) is 0. The molecule has 0 spiro atoms. The summed E-state index contributed by atoms with van der Waals surface area (Å²) < 4.78 is 23.3. The first-order valence-electron chi connectivity index (χ1n) is 8.21. The number of rotatable bonds is 4. The third kappa shape index (κ3) is 4.56. The van der Waals surface area contributed by atoms with Crippen molar-refractivity contribution in [2.75, 3.05) is 18.1 Å². The van der Waals surface area contributed by atoms with E-state index in [2.05, 4.69) is 32.9 Å². The smallest absolute Gasteiger partial charge is 0.227 e. The van der Waals surface area contributed by atoms with Crippen LogP contribution in [-0.2, 0) is 26.5 Å². The molecule has 0 N–H and O–H groups in total. The molecule has 0 aliphatic carbocycles. The molecule has 1 aromatic rings. The molecule has 1 atom stereocenters. The highest BCUT2D eigenvalue weighted by Crippen LogP contribution is 2.23. The zero-order valence-electron chi connectivity index (χ0n) is 14.5. The Morgan fingerprint density at radius 1 is 1.22 bits per heavy atom. The number of carbonyl (C=O) groups excluding carboxylic acids is 1. The first-order valence-corrected chi connectivity index (χ1v) is 10.0. The van der Waals surface area contributed by atoms with Crippen LogP contribution in [0.1, 0.15) is 45.2 Å². The molecule has 0 aromatic heterocycles. The quantitative estimate of drug-likeness (QED) is 0.848. The highest BCUT2D eigenvalue weighted by atomic mass is 32.2. The van der Waals surface area contributed by atoms with Crippen molar-refractivity contribution in [2.45, 2.75) is 52.0 Å². The normalized spacial score (nSPS) is 20.4. The van der Waals surface area contributed by atoms with Crippen molar-refractivity contribution in [2.24, 2.45) is 0 Å². The zero-order valence-corrected chi connectivity index (χ0v) is 15.3. The molecule has 0 saturated carbocycles. The summed E-state index contributed by atoms with van der Waals surface area (Å²) in [7, 11) is -2.97. The van der Waals surface area contributed by atoms with Crippen LogP contribution in [0.2, 0.25) is 0 Å². The third-order valence-electron chi connectivity index (χ3n) is 4.49. The fraction of sp³-hybridized carbons (Fsp3) is 0.611. The number of benzene rings is 1. The molecule has 1 aliphatic heterocycles. The number of nitrogens with zero attached hydrogens (tertiary/aromatic N) is 1. The summed E-state index contributed by atoms with van der Waals surface area (Å²) in [6.07, 6.45) is 0.889. The summed E-state index contributed by atoms with van der Waals surface area (Å²) in [5.41, 5.74) is 2.31. The summed E-state index contributed by atoms with van der Waals surface area (Å²) >= 11 is 0. The van der Waals surface area contributed by atoms with Crippen LogP contribution >= 0.6 is 0 Å². The molecule has 1 heterocycles. The molecule has 1 amide bonds. The lowest BCUT2D eigenvalue weighted by atomic mass is 9.86. The van der Waals surface area contributed by atoms with E-state index in [4.69, 9.17) is 0 Å². The van der Waals surface area contributed by atoms with Gasteiger partial charge in [-0.2, -0.15) is 0 Å². The Hall–Kier alpha value is -1.36. The van der Waals surface area contributed by atoms with E-state index in [0.717, 1.165) is 5.56 Å². The van der Waals surface area contributed by atoms with Gasteiger partial charge in [-0.1, -0.05) is 45.0 Å². The molecule has 0 bridgehead atoms. The first kappa shape index (κ1) is 18.0. The molecule has 1 saturated heterocycles. The monoisotopic (exact) mass is 337 g/mol. The van der Waals surface area contributed by atoms with Crippen molar-refractivity contribution in [3.8, 4) is 0 Å². The zero-order chi connectivity index (χ0) is 17.3. The van der Waals surface area contributed by atoms with Crippen LogP contribution in [0.15, 0.2) is 24.3 Å². The Balaban J connectivity index is 2.05. The summed E-state index contributed by atoms with van der Waals surface area (Å²) in [6, 6.07) is 7.97. The molecule has 23 heavy (non-hydrogen) atoms. The van der Waals surface area contributed by atoms with Crippen LogP contribution in [0.25, 0.3) is 0 Å². The van der Waals surface area contributed by atoms with Crippen LogP contribution in [0, 0.1) is 0 Å². The van der Waals surface area contributed by atoms with Gasteiger partial charge in [0.25, 0.3) is 0 Å². The number of hydrogen-bond donors (Lipinski definition) is 0. The van der Waals surface area contributed by atoms with E-state index in [1.165, 1.54) is 5.56 Å². The number of sulfone groups is 1. The standard InChI is InChI=1S/C18H27NO3S/c1-5-19(16-10-11-23(21,22)13-16)17(20)12-14-6-8-15(9-7-14)18(2,3)4/h6-9,16H,5,10-13H2,1-4H3. The number of hydrogen-bond acceptors (Lipinski definition) is 3. The predicted molar refractivity (Wildman–Crippen MR) is 93.3 cm³/mol. The fourth-order valence-electron chi connectivity index (χ4n) is 3.06. The SMILES string of the molecule is CCN(C(=O)Cc1ccc(C(C)(C)C)cc1)C1CCS(=O)(=O)C1. The number of likely N-dealkylation sites (N-methyl/N-ethyl adjacent to an activating group) is 1. The van der Waals surface area contributed by atoms with E-state index >= 15 is 0 Å². The maximum absolute atomic E-state index is 12.6. The fourth-order valence-corrected chi connectivity index (χ4v) is 4.79. The highest BCUT2D eigenvalue weighted by molar-refractivity contribution is 7.91. The minimum Gasteiger partial charge on any atom is -0.339 e. The molecule has 4 nitrogen and oxygen atoms in total. The van der Waals surface area contributed by atoms with E-state index in [-0.39, 0.29) is 28.9 Å². The molecule has 5 heteroatoms. The third-order valence-corrected chi connectivity index (χ3v) is 6.24. The van der Waals surface area contributed by atoms with Gasteiger partial charge in [-0.25, -0.2) is 8.42 Å². The average Bonchev–Trinajstić information content (AvgIpc) is 2.79. The Morgan fingerprint density at radius 2 is 1.83 bits per heavy atom. The van der Waals surface area contributed by atoms with E-state index in [9.17, 15) is 13.2 Å². The second-order valence-corrected chi connectivity index (χ2v) is 9.59. The van der Waals surface area contributed by atoms with Crippen molar-refractivity contribution in [3.05, 3.63) is 35.4 Å². The van der Waals surface area contributed by atoms with Gasteiger partial charge in [0.1, 0.15) is 0 Å². The van der Waals surface area contributed by atoms with Crippen molar-refractivity contribution < 1.29 is 13.2 Å². The molecular formula is C18H27NO3S. The van der Waals surface area contributed by atoms with Gasteiger partial charge in [-0.05, 0) is 29.9 Å². The van der Waals surface area contributed by atoms with Crippen molar-refractivity contribution in [1.29, 1.82) is 0 Å². The maximum Gasteiger partial charge on any atom is 0.227 e. The summed E-state index contributed by atoms with van der Waals surface area (Å²) in [5.74, 6) is 0.315. The Labute approximate surface area is 139 Å². The number of amides is 1. The lowest BCUT2D eigenvalue weighted by Gasteiger charge is -2.27. The lowest BCUT2D eigenvalue weighted by molar-refractivity contribution is -0.132. The van der Waals surface area contributed by atoms with Crippen LogP contribution in [0.3, 0.4) is 0 Å². The first-order chi connectivity index (χ1) is 10.6. The Morgan fingerprint density at radius 3 is 2.26 bits per heavy atom. The molecule has 1 aromatic carbocycles. The second kappa shape index (κ2) is 6.63. The largest absolute Gasteiger partial charge is 0.339 e. The molecule has 1 unspecified atom stereocenters. The van der Waals surface area contributed by atoms with Gasteiger partial charge in [-0.3, -0.25) is 4.79 Å². The number of carbonyl (C=O) groups is 1. The van der Waals surface area contributed by atoms with Gasteiger partial charge in [-0.15, -0.1) is 0 Å². The maximum atomic E-state index is 12.6. The van der Waals surface area contributed by atoms with Crippen molar-refractivity contribution in [3.63, 3.8) is 0 Å². The minimum atomic E-state index is -2.97. The molecule has 1 fully saturated rings. The van der Waals surface area contributed by atoms with Crippen LogP contribution in [0.4, 0.5) is 0 Å². The van der Waals surface area contributed by atoms with E-state index in [1.54, 1.807) is 4.90 Å². The summed E-state index contributed by atoms with van der Waals surface area (Å²) in [6.45, 7) is 8.94. The Bertz CT molecular complexity index is 657. The predicted octanol–water partition coefficient (Wildman–Crippen LogP) is 2.56. The van der Waals surface area contributed by atoms with Gasteiger partial charge in [0.15, 0.2) is 9.84 Å². The van der Waals surface area contributed by atoms with E-state index in [0.29, 0.717) is 19.4 Å². The molecule has 2 rings (SSSR count). The van der Waals surface area contributed by atoms with Crippen molar-refractivity contribution in [1.82, 2.24) is 4.90 Å². The molecule has 1 aliphatic rings. The Kier molecular flexibility index (Phi) is 5.19. The van der Waals surface area contributed by atoms with Crippen LogP contribution in [-0.4, -0.2) is 43.3 Å². The second-order valence-electron chi connectivity index (χ2n) is 7.36. The van der Waals surface area contributed by atoms with Gasteiger partial charge in [0, 0.05) is 12.6 Å². The highest BCUT2D eigenvalue weighted by Gasteiger charge is 2.33.